The highest BCUT2D eigenvalue weighted by atomic mass is 35.5. The molecule has 0 heterocycles. The SMILES string of the molecule is CCNCC(Cc1ccc(F)cc1C)c1ccccc1Cl. The van der Waals surface area contributed by atoms with E-state index in [2.05, 4.69) is 18.3 Å². The molecule has 0 bridgehead atoms. The van der Waals surface area contributed by atoms with E-state index in [1.165, 1.54) is 11.6 Å². The van der Waals surface area contributed by atoms with E-state index in [4.69, 9.17) is 11.6 Å². The van der Waals surface area contributed by atoms with Crippen LogP contribution >= 0.6 is 11.6 Å². The van der Waals surface area contributed by atoms with Crippen LogP contribution in [0.25, 0.3) is 0 Å². The topological polar surface area (TPSA) is 12.0 Å². The van der Waals surface area contributed by atoms with E-state index in [1.54, 1.807) is 6.07 Å². The Morgan fingerprint density at radius 1 is 1.19 bits per heavy atom. The second-order valence-corrected chi connectivity index (χ2v) is 5.71. The number of rotatable bonds is 6. The van der Waals surface area contributed by atoms with Gasteiger partial charge in [-0.15, -0.1) is 0 Å². The average Bonchev–Trinajstić information content (AvgIpc) is 2.46. The van der Waals surface area contributed by atoms with Gasteiger partial charge in [-0.05, 0) is 54.8 Å². The van der Waals surface area contributed by atoms with Gasteiger partial charge in [-0.3, -0.25) is 0 Å². The van der Waals surface area contributed by atoms with E-state index in [-0.39, 0.29) is 11.7 Å². The summed E-state index contributed by atoms with van der Waals surface area (Å²) in [4.78, 5) is 0. The number of hydrogen-bond donors (Lipinski definition) is 1. The standard InChI is InChI=1S/C18H21ClFN/c1-3-21-12-15(17-6-4-5-7-18(17)19)11-14-8-9-16(20)10-13(14)2/h4-10,15,21H,3,11-12H2,1-2H3. The maximum atomic E-state index is 13.2. The van der Waals surface area contributed by atoms with Crippen LogP contribution in [0.1, 0.15) is 29.5 Å². The molecule has 112 valence electrons. The lowest BCUT2D eigenvalue weighted by Gasteiger charge is -2.20. The Kier molecular flexibility index (Phi) is 5.77. The molecule has 1 nitrogen and oxygen atoms in total. The number of benzene rings is 2. The fraction of sp³-hybridized carbons (Fsp3) is 0.333. The number of aryl methyl sites for hydroxylation is 1. The number of hydrogen-bond acceptors (Lipinski definition) is 1. The Morgan fingerprint density at radius 2 is 1.95 bits per heavy atom. The second kappa shape index (κ2) is 7.58. The molecule has 2 rings (SSSR count). The van der Waals surface area contributed by atoms with Crippen LogP contribution in [0.15, 0.2) is 42.5 Å². The molecule has 0 saturated carbocycles. The lowest BCUT2D eigenvalue weighted by atomic mass is 9.90. The van der Waals surface area contributed by atoms with Gasteiger partial charge in [-0.25, -0.2) is 4.39 Å². The van der Waals surface area contributed by atoms with Crippen molar-refractivity contribution in [1.29, 1.82) is 0 Å². The normalized spacial score (nSPS) is 12.4. The van der Waals surface area contributed by atoms with Crippen molar-refractivity contribution in [2.45, 2.75) is 26.2 Å². The van der Waals surface area contributed by atoms with Crippen molar-refractivity contribution in [3.63, 3.8) is 0 Å². The minimum absolute atomic E-state index is 0.183. The summed E-state index contributed by atoms with van der Waals surface area (Å²) in [7, 11) is 0. The van der Waals surface area contributed by atoms with Crippen LogP contribution in [0, 0.1) is 12.7 Å². The summed E-state index contributed by atoms with van der Waals surface area (Å²) in [5.74, 6) is 0.0973. The fourth-order valence-corrected chi connectivity index (χ4v) is 2.86. The minimum atomic E-state index is -0.183. The van der Waals surface area contributed by atoms with Crippen molar-refractivity contribution in [2.75, 3.05) is 13.1 Å². The van der Waals surface area contributed by atoms with Gasteiger partial charge in [0.25, 0.3) is 0 Å². The fourth-order valence-electron chi connectivity index (χ4n) is 2.57. The molecule has 2 aromatic carbocycles. The lowest BCUT2D eigenvalue weighted by Crippen LogP contribution is -2.23. The third-order valence-corrected chi connectivity index (χ3v) is 4.10. The number of likely N-dealkylation sites (N-methyl/N-ethyl adjacent to an activating group) is 1. The first-order valence-electron chi connectivity index (χ1n) is 7.32. The van der Waals surface area contributed by atoms with Crippen LogP contribution in [0.3, 0.4) is 0 Å². The molecular formula is C18H21ClFN. The molecule has 0 aliphatic carbocycles. The molecule has 0 aliphatic heterocycles. The summed E-state index contributed by atoms with van der Waals surface area (Å²) in [6.07, 6.45) is 0.850. The zero-order valence-corrected chi connectivity index (χ0v) is 13.3. The molecule has 3 heteroatoms. The Labute approximate surface area is 131 Å². The number of halogens is 2. The van der Waals surface area contributed by atoms with Gasteiger partial charge < -0.3 is 5.32 Å². The monoisotopic (exact) mass is 305 g/mol. The molecule has 1 atom stereocenters. The zero-order chi connectivity index (χ0) is 15.2. The first-order valence-corrected chi connectivity index (χ1v) is 7.69. The molecule has 2 aromatic rings. The highest BCUT2D eigenvalue weighted by Crippen LogP contribution is 2.28. The Morgan fingerprint density at radius 3 is 2.62 bits per heavy atom. The van der Waals surface area contributed by atoms with Crippen molar-refractivity contribution in [3.05, 3.63) is 70.0 Å². The van der Waals surface area contributed by atoms with Crippen molar-refractivity contribution in [3.8, 4) is 0 Å². The minimum Gasteiger partial charge on any atom is -0.316 e. The molecule has 0 fully saturated rings. The molecule has 0 amide bonds. The highest BCUT2D eigenvalue weighted by molar-refractivity contribution is 6.31. The predicted molar refractivity (Wildman–Crippen MR) is 87.6 cm³/mol. The largest absolute Gasteiger partial charge is 0.316 e. The van der Waals surface area contributed by atoms with Crippen LogP contribution in [0.2, 0.25) is 5.02 Å². The quantitative estimate of drug-likeness (QED) is 0.814. The van der Waals surface area contributed by atoms with E-state index in [0.717, 1.165) is 35.7 Å². The number of nitrogens with one attached hydrogen (secondary N) is 1. The highest BCUT2D eigenvalue weighted by Gasteiger charge is 2.16. The van der Waals surface area contributed by atoms with Crippen LogP contribution in [0.5, 0.6) is 0 Å². The maximum absolute atomic E-state index is 13.2. The molecule has 21 heavy (non-hydrogen) atoms. The van der Waals surface area contributed by atoms with Crippen molar-refractivity contribution in [1.82, 2.24) is 5.32 Å². The van der Waals surface area contributed by atoms with Gasteiger partial charge in [0, 0.05) is 17.5 Å². The van der Waals surface area contributed by atoms with Crippen LogP contribution < -0.4 is 5.32 Å². The molecule has 0 spiro atoms. The molecule has 0 aromatic heterocycles. The first kappa shape index (κ1) is 16.0. The summed E-state index contributed by atoms with van der Waals surface area (Å²) >= 11 is 6.34. The van der Waals surface area contributed by atoms with E-state index < -0.39 is 0 Å². The Hall–Kier alpha value is -1.38. The summed E-state index contributed by atoms with van der Waals surface area (Å²) < 4.78 is 13.2. The Balaban J connectivity index is 2.26. The third kappa shape index (κ3) is 4.29. The summed E-state index contributed by atoms with van der Waals surface area (Å²) in [6.45, 7) is 5.82. The molecule has 0 aliphatic rings. The van der Waals surface area contributed by atoms with Gasteiger partial charge in [0.15, 0.2) is 0 Å². The van der Waals surface area contributed by atoms with Crippen LogP contribution in [0.4, 0.5) is 4.39 Å². The van der Waals surface area contributed by atoms with E-state index in [9.17, 15) is 4.39 Å². The van der Waals surface area contributed by atoms with Crippen molar-refractivity contribution < 1.29 is 4.39 Å². The van der Waals surface area contributed by atoms with Crippen molar-refractivity contribution in [2.24, 2.45) is 0 Å². The van der Waals surface area contributed by atoms with E-state index in [1.807, 2.05) is 31.2 Å². The molecule has 1 unspecified atom stereocenters. The van der Waals surface area contributed by atoms with Gasteiger partial charge in [0.2, 0.25) is 0 Å². The molecule has 0 saturated heterocycles. The summed E-state index contributed by atoms with van der Waals surface area (Å²) in [6, 6.07) is 12.9. The van der Waals surface area contributed by atoms with Crippen LogP contribution in [-0.2, 0) is 6.42 Å². The van der Waals surface area contributed by atoms with Crippen molar-refractivity contribution >= 4 is 11.6 Å². The van der Waals surface area contributed by atoms with Gasteiger partial charge in [0.1, 0.15) is 5.82 Å². The van der Waals surface area contributed by atoms with Crippen LogP contribution in [-0.4, -0.2) is 13.1 Å². The summed E-state index contributed by atoms with van der Waals surface area (Å²) in [5.41, 5.74) is 3.30. The van der Waals surface area contributed by atoms with Gasteiger partial charge in [-0.2, -0.15) is 0 Å². The van der Waals surface area contributed by atoms with E-state index in [0.29, 0.717) is 0 Å². The van der Waals surface area contributed by atoms with Gasteiger partial charge in [-0.1, -0.05) is 42.8 Å². The first-order chi connectivity index (χ1) is 10.1. The molecular weight excluding hydrogens is 285 g/mol. The second-order valence-electron chi connectivity index (χ2n) is 5.30. The average molecular weight is 306 g/mol. The maximum Gasteiger partial charge on any atom is 0.123 e. The smallest absolute Gasteiger partial charge is 0.123 e. The van der Waals surface area contributed by atoms with Gasteiger partial charge >= 0.3 is 0 Å². The van der Waals surface area contributed by atoms with E-state index >= 15 is 0 Å². The molecule has 1 N–H and O–H groups in total. The van der Waals surface area contributed by atoms with Gasteiger partial charge in [0.05, 0.1) is 0 Å². The zero-order valence-electron chi connectivity index (χ0n) is 12.5. The Bertz CT molecular complexity index is 598. The third-order valence-electron chi connectivity index (χ3n) is 3.76. The lowest BCUT2D eigenvalue weighted by molar-refractivity contribution is 0.591. The molecule has 0 radical (unpaired) electrons. The summed E-state index contributed by atoms with van der Waals surface area (Å²) in [5, 5.41) is 4.18. The predicted octanol–water partition coefficient (Wildman–Crippen LogP) is 4.72.